The van der Waals surface area contributed by atoms with E-state index in [1.165, 1.54) is 52.1 Å². The maximum Gasteiger partial charge on any atom is 0.305 e. The fourth-order valence-electron chi connectivity index (χ4n) is 10.7. The standard InChI is InChI=1S/C30H48O4/c1-7-21-25-15-19-14-20(19)16-30(25,5)24-12-13-29(4)22(17(2)8-11-26(32)33-6)9-10-23(29)27(24)28(21)34-18(3)31/h17,19-25,27-28H,7-16H2,1-6H3/t17-,19?,20?,21-,22-,23+,24+,25+,27+,28-,29-,30-/m1/s1. The molecule has 5 saturated carbocycles. The summed E-state index contributed by atoms with van der Waals surface area (Å²) in [6.45, 7) is 11.5. The first-order valence-electron chi connectivity index (χ1n) is 14.4. The highest BCUT2D eigenvalue weighted by molar-refractivity contribution is 5.69. The smallest absolute Gasteiger partial charge is 0.305 e. The van der Waals surface area contributed by atoms with E-state index < -0.39 is 0 Å². The van der Waals surface area contributed by atoms with Gasteiger partial charge in [-0.05, 0) is 116 Å². The van der Waals surface area contributed by atoms with Gasteiger partial charge in [0.15, 0.2) is 0 Å². The Labute approximate surface area is 207 Å². The van der Waals surface area contributed by atoms with Crippen molar-refractivity contribution in [3.63, 3.8) is 0 Å². The Bertz CT molecular complexity index is 808. The fourth-order valence-corrected chi connectivity index (χ4v) is 10.7. The molecule has 5 rings (SSSR count). The molecule has 0 amide bonds. The van der Waals surface area contributed by atoms with Crippen molar-refractivity contribution in [3.8, 4) is 0 Å². The zero-order chi connectivity index (χ0) is 24.4. The first-order valence-corrected chi connectivity index (χ1v) is 14.4. The second-order valence-electron chi connectivity index (χ2n) is 13.6. The Morgan fingerprint density at radius 2 is 1.74 bits per heavy atom. The van der Waals surface area contributed by atoms with E-state index in [4.69, 9.17) is 9.47 Å². The third kappa shape index (κ3) is 3.76. The van der Waals surface area contributed by atoms with Crippen molar-refractivity contribution in [3.05, 3.63) is 0 Å². The quantitative estimate of drug-likeness (QED) is 0.406. The molecular weight excluding hydrogens is 424 g/mol. The van der Waals surface area contributed by atoms with Gasteiger partial charge in [-0.15, -0.1) is 0 Å². The van der Waals surface area contributed by atoms with E-state index >= 15 is 0 Å². The number of methoxy groups -OCH3 is 1. The van der Waals surface area contributed by atoms with Crippen LogP contribution in [0.1, 0.15) is 98.8 Å². The highest BCUT2D eigenvalue weighted by Crippen LogP contribution is 2.73. The molecule has 4 nitrogen and oxygen atoms in total. The van der Waals surface area contributed by atoms with Crippen LogP contribution >= 0.6 is 0 Å². The van der Waals surface area contributed by atoms with Gasteiger partial charge in [0.25, 0.3) is 0 Å². The summed E-state index contributed by atoms with van der Waals surface area (Å²) in [6.07, 6.45) is 12.0. The molecule has 0 radical (unpaired) electrons. The lowest BCUT2D eigenvalue weighted by molar-refractivity contribution is -0.211. The molecule has 5 fully saturated rings. The molecule has 0 bridgehead atoms. The van der Waals surface area contributed by atoms with Crippen LogP contribution in [0.15, 0.2) is 0 Å². The number of fused-ring (bicyclic) bond motifs is 6. The number of rotatable bonds is 6. The molecule has 4 heteroatoms. The van der Waals surface area contributed by atoms with Crippen molar-refractivity contribution in [1.29, 1.82) is 0 Å². The van der Waals surface area contributed by atoms with E-state index in [0.717, 1.165) is 24.7 Å². The van der Waals surface area contributed by atoms with Gasteiger partial charge in [0.2, 0.25) is 0 Å². The molecule has 0 N–H and O–H groups in total. The summed E-state index contributed by atoms with van der Waals surface area (Å²) in [5.74, 6) is 5.95. The van der Waals surface area contributed by atoms with Gasteiger partial charge < -0.3 is 9.47 Å². The second-order valence-corrected chi connectivity index (χ2v) is 13.6. The Kier molecular flexibility index (Phi) is 6.37. The van der Waals surface area contributed by atoms with E-state index in [-0.39, 0.29) is 23.5 Å². The highest BCUT2D eigenvalue weighted by atomic mass is 16.5. The average Bonchev–Trinajstić information content (AvgIpc) is 3.44. The van der Waals surface area contributed by atoms with Crippen LogP contribution in [0.5, 0.6) is 0 Å². The summed E-state index contributed by atoms with van der Waals surface area (Å²) in [4.78, 5) is 24.2. The van der Waals surface area contributed by atoms with Crippen LogP contribution in [0.3, 0.4) is 0 Å². The first kappa shape index (κ1) is 24.6. The molecule has 2 unspecified atom stereocenters. The predicted molar refractivity (Wildman–Crippen MR) is 133 cm³/mol. The minimum atomic E-state index is -0.0853. The van der Waals surface area contributed by atoms with Crippen LogP contribution in [-0.4, -0.2) is 25.2 Å². The minimum absolute atomic E-state index is 0.0841. The molecule has 12 atom stereocenters. The summed E-state index contributed by atoms with van der Waals surface area (Å²) in [6, 6.07) is 0. The molecule has 0 saturated heterocycles. The van der Waals surface area contributed by atoms with E-state index in [9.17, 15) is 9.59 Å². The number of hydrogen-bond acceptors (Lipinski definition) is 4. The van der Waals surface area contributed by atoms with Crippen LogP contribution in [-0.2, 0) is 19.1 Å². The molecule has 192 valence electrons. The normalized spacial score (nSPS) is 49.6. The molecule has 5 aliphatic carbocycles. The lowest BCUT2D eigenvalue weighted by atomic mass is 9.41. The van der Waals surface area contributed by atoms with Crippen LogP contribution < -0.4 is 0 Å². The molecule has 0 spiro atoms. The average molecular weight is 473 g/mol. The number of hydrogen-bond donors (Lipinski definition) is 0. The Balaban J connectivity index is 1.46. The molecule has 0 aliphatic heterocycles. The lowest BCUT2D eigenvalue weighted by Gasteiger charge is -2.64. The van der Waals surface area contributed by atoms with Crippen LogP contribution in [0.25, 0.3) is 0 Å². The van der Waals surface area contributed by atoms with Gasteiger partial charge >= 0.3 is 11.9 Å². The summed E-state index contributed by atoms with van der Waals surface area (Å²) in [5, 5.41) is 0. The summed E-state index contributed by atoms with van der Waals surface area (Å²) < 4.78 is 11.3. The highest BCUT2D eigenvalue weighted by Gasteiger charge is 2.68. The van der Waals surface area contributed by atoms with E-state index in [1.54, 1.807) is 6.92 Å². The molecule has 0 aromatic rings. The first-order chi connectivity index (χ1) is 16.1. The molecule has 34 heavy (non-hydrogen) atoms. The van der Waals surface area contributed by atoms with Gasteiger partial charge in [0, 0.05) is 19.3 Å². The van der Waals surface area contributed by atoms with E-state index in [0.29, 0.717) is 53.3 Å². The van der Waals surface area contributed by atoms with E-state index in [1.807, 2.05) is 0 Å². The number of ether oxygens (including phenoxy) is 2. The van der Waals surface area contributed by atoms with Gasteiger partial charge in [0.05, 0.1) is 7.11 Å². The monoisotopic (exact) mass is 472 g/mol. The van der Waals surface area contributed by atoms with Crippen molar-refractivity contribution in [1.82, 2.24) is 0 Å². The lowest BCUT2D eigenvalue weighted by Crippen LogP contribution is -2.62. The maximum absolute atomic E-state index is 12.4. The molecule has 0 aromatic carbocycles. The third-order valence-corrected chi connectivity index (χ3v) is 12.2. The zero-order valence-corrected chi connectivity index (χ0v) is 22.5. The van der Waals surface area contributed by atoms with Crippen LogP contribution in [0.2, 0.25) is 0 Å². The zero-order valence-electron chi connectivity index (χ0n) is 22.5. The van der Waals surface area contributed by atoms with Gasteiger partial charge in [-0.2, -0.15) is 0 Å². The minimum Gasteiger partial charge on any atom is -0.469 e. The Morgan fingerprint density at radius 1 is 1.00 bits per heavy atom. The fraction of sp³-hybridized carbons (Fsp3) is 0.933. The molecule has 0 aromatic heterocycles. The van der Waals surface area contributed by atoms with E-state index in [2.05, 4.69) is 27.7 Å². The van der Waals surface area contributed by atoms with Crippen molar-refractivity contribution >= 4 is 11.9 Å². The topological polar surface area (TPSA) is 52.6 Å². The third-order valence-electron chi connectivity index (χ3n) is 12.2. The number of esters is 2. The summed E-state index contributed by atoms with van der Waals surface area (Å²) in [5.41, 5.74) is 0.697. The Morgan fingerprint density at radius 3 is 2.41 bits per heavy atom. The molecular formula is C30H48O4. The number of carbonyl (C=O) groups is 2. The molecule has 5 aliphatic rings. The summed E-state index contributed by atoms with van der Waals surface area (Å²) >= 11 is 0. The predicted octanol–water partition coefficient (Wildman–Crippen LogP) is 6.66. The maximum atomic E-state index is 12.4. The van der Waals surface area contributed by atoms with Crippen LogP contribution in [0.4, 0.5) is 0 Å². The SMILES string of the molecule is CC[C@H]1[C@@H](OC(C)=O)[C@@H]2[C@H](CC[C@]3(C)[C@@H]([C@H](C)CCC(=O)OC)CC[C@@H]23)[C@@]2(C)CC3CC3C[C@@H]12. The van der Waals surface area contributed by atoms with Crippen molar-refractivity contribution in [2.45, 2.75) is 105 Å². The van der Waals surface area contributed by atoms with Gasteiger partial charge in [-0.1, -0.05) is 27.7 Å². The van der Waals surface area contributed by atoms with Gasteiger partial charge in [-0.25, -0.2) is 0 Å². The van der Waals surface area contributed by atoms with Crippen molar-refractivity contribution < 1.29 is 19.1 Å². The van der Waals surface area contributed by atoms with Crippen molar-refractivity contribution in [2.24, 2.45) is 64.1 Å². The largest absolute Gasteiger partial charge is 0.469 e. The van der Waals surface area contributed by atoms with Crippen LogP contribution in [0, 0.1) is 64.1 Å². The van der Waals surface area contributed by atoms with Gasteiger partial charge in [0.1, 0.15) is 6.10 Å². The molecule has 0 heterocycles. The summed E-state index contributed by atoms with van der Waals surface area (Å²) in [7, 11) is 1.49. The Hall–Kier alpha value is -1.06. The number of carbonyl (C=O) groups excluding carboxylic acids is 2. The van der Waals surface area contributed by atoms with Crippen molar-refractivity contribution in [2.75, 3.05) is 7.11 Å². The van der Waals surface area contributed by atoms with Gasteiger partial charge in [-0.3, -0.25) is 9.59 Å². The second kappa shape index (κ2) is 8.80.